The average molecular weight is 384 g/mol. The molecule has 1 aromatic rings. The molecule has 3 aliphatic rings. The van der Waals surface area contributed by atoms with E-state index in [-0.39, 0.29) is 30.4 Å². The summed E-state index contributed by atoms with van der Waals surface area (Å²) in [4.78, 5) is 42.7. The Morgan fingerprint density at radius 1 is 1.04 bits per heavy atom. The van der Waals surface area contributed by atoms with Crippen molar-refractivity contribution < 1.29 is 14.4 Å². The van der Waals surface area contributed by atoms with Crippen LogP contribution in [0.1, 0.15) is 37.7 Å². The third kappa shape index (κ3) is 4.13. The first-order valence-electron chi connectivity index (χ1n) is 10.3. The number of nitrogens with zero attached hydrogens (tertiary/aromatic N) is 3. The van der Waals surface area contributed by atoms with Gasteiger partial charge in [0.1, 0.15) is 6.54 Å². The zero-order chi connectivity index (χ0) is 19.5. The highest BCUT2D eigenvalue weighted by molar-refractivity contribution is 5.86. The van der Waals surface area contributed by atoms with Gasteiger partial charge in [0.15, 0.2) is 0 Å². The Hall–Kier alpha value is -2.57. The molecule has 7 heteroatoms. The van der Waals surface area contributed by atoms with Gasteiger partial charge < -0.3 is 20.0 Å². The van der Waals surface area contributed by atoms with Gasteiger partial charge in [-0.05, 0) is 18.4 Å². The molecule has 1 aromatic carbocycles. The predicted molar refractivity (Wildman–Crippen MR) is 104 cm³/mol. The van der Waals surface area contributed by atoms with Crippen molar-refractivity contribution in [3.63, 3.8) is 0 Å². The normalized spacial score (nSPS) is 23.6. The van der Waals surface area contributed by atoms with Gasteiger partial charge >= 0.3 is 6.03 Å². The van der Waals surface area contributed by atoms with Gasteiger partial charge in [-0.25, -0.2) is 4.79 Å². The van der Waals surface area contributed by atoms with Gasteiger partial charge in [-0.15, -0.1) is 0 Å². The molecule has 1 saturated carbocycles. The number of carbonyl (C=O) groups is 3. The van der Waals surface area contributed by atoms with Crippen LogP contribution in [0, 0.1) is 0 Å². The van der Waals surface area contributed by atoms with E-state index in [4.69, 9.17) is 0 Å². The van der Waals surface area contributed by atoms with Crippen LogP contribution in [-0.2, 0) is 16.1 Å². The number of amides is 4. The molecule has 1 aliphatic carbocycles. The highest BCUT2D eigenvalue weighted by Crippen LogP contribution is 2.25. The molecule has 2 saturated heterocycles. The van der Waals surface area contributed by atoms with Crippen molar-refractivity contribution in [3.8, 4) is 0 Å². The summed E-state index contributed by atoms with van der Waals surface area (Å²) in [5, 5.41) is 2.95. The number of piperazine rings is 1. The molecule has 150 valence electrons. The van der Waals surface area contributed by atoms with Crippen LogP contribution in [0.4, 0.5) is 4.79 Å². The topological polar surface area (TPSA) is 73.0 Å². The van der Waals surface area contributed by atoms with E-state index in [1.165, 1.54) is 12.8 Å². The predicted octanol–water partition coefficient (Wildman–Crippen LogP) is 1.58. The molecule has 7 nitrogen and oxygen atoms in total. The largest absolute Gasteiger partial charge is 0.336 e. The van der Waals surface area contributed by atoms with E-state index in [0.717, 1.165) is 18.4 Å². The Bertz CT molecular complexity index is 732. The highest BCUT2D eigenvalue weighted by atomic mass is 16.2. The van der Waals surface area contributed by atoms with E-state index in [9.17, 15) is 14.4 Å². The van der Waals surface area contributed by atoms with Gasteiger partial charge in [0.25, 0.3) is 0 Å². The lowest BCUT2D eigenvalue weighted by Gasteiger charge is -2.38. The summed E-state index contributed by atoms with van der Waals surface area (Å²) in [6, 6.07) is 9.77. The molecule has 3 fully saturated rings. The molecule has 1 N–H and O–H groups in total. The zero-order valence-corrected chi connectivity index (χ0v) is 16.2. The first-order chi connectivity index (χ1) is 13.6. The fourth-order valence-corrected chi connectivity index (χ4v) is 4.55. The molecule has 0 bridgehead atoms. The summed E-state index contributed by atoms with van der Waals surface area (Å²) in [7, 11) is 0. The van der Waals surface area contributed by atoms with Crippen LogP contribution in [0.2, 0.25) is 0 Å². The van der Waals surface area contributed by atoms with Crippen molar-refractivity contribution in [2.75, 3.05) is 26.2 Å². The lowest BCUT2D eigenvalue weighted by molar-refractivity contribution is -0.137. The van der Waals surface area contributed by atoms with Crippen molar-refractivity contribution in [2.24, 2.45) is 0 Å². The molecule has 28 heavy (non-hydrogen) atoms. The molecule has 0 aromatic heterocycles. The second-order valence-electron chi connectivity index (χ2n) is 8.06. The van der Waals surface area contributed by atoms with Crippen LogP contribution in [0.25, 0.3) is 0 Å². The van der Waals surface area contributed by atoms with E-state index in [1.54, 1.807) is 9.80 Å². The third-order valence-electron chi connectivity index (χ3n) is 6.07. The smallest absolute Gasteiger partial charge is 0.318 e. The maximum Gasteiger partial charge on any atom is 0.318 e. The Morgan fingerprint density at radius 3 is 2.50 bits per heavy atom. The minimum Gasteiger partial charge on any atom is -0.336 e. The third-order valence-corrected chi connectivity index (χ3v) is 6.07. The summed E-state index contributed by atoms with van der Waals surface area (Å²) >= 11 is 0. The summed E-state index contributed by atoms with van der Waals surface area (Å²) in [5.41, 5.74) is 1.08. The lowest BCUT2D eigenvalue weighted by atomic mass is 10.1. The second-order valence-corrected chi connectivity index (χ2v) is 8.06. The molecular weight excluding hydrogens is 356 g/mol. The monoisotopic (exact) mass is 384 g/mol. The number of rotatable bonds is 4. The summed E-state index contributed by atoms with van der Waals surface area (Å²) in [6.07, 6.45) is 4.86. The maximum atomic E-state index is 12.6. The van der Waals surface area contributed by atoms with Crippen LogP contribution in [-0.4, -0.2) is 70.8 Å². The van der Waals surface area contributed by atoms with Crippen LogP contribution in [0.15, 0.2) is 30.3 Å². The first-order valence-corrected chi connectivity index (χ1v) is 10.3. The van der Waals surface area contributed by atoms with Crippen LogP contribution in [0.5, 0.6) is 0 Å². The van der Waals surface area contributed by atoms with Crippen molar-refractivity contribution in [1.29, 1.82) is 0 Å². The molecular formula is C21H28N4O3. The summed E-state index contributed by atoms with van der Waals surface area (Å²) in [5.74, 6) is 0.0952. The van der Waals surface area contributed by atoms with Crippen molar-refractivity contribution in [1.82, 2.24) is 20.0 Å². The van der Waals surface area contributed by atoms with Crippen molar-refractivity contribution >= 4 is 17.8 Å². The van der Waals surface area contributed by atoms with Gasteiger partial charge in [-0.1, -0.05) is 43.2 Å². The summed E-state index contributed by atoms with van der Waals surface area (Å²) in [6.45, 7) is 2.37. The number of likely N-dealkylation sites (tertiary alicyclic amines) is 1. The average Bonchev–Trinajstić information content (AvgIpc) is 3.33. The minimum absolute atomic E-state index is 0.0431. The quantitative estimate of drug-likeness (QED) is 0.857. The molecule has 1 unspecified atom stereocenters. The molecule has 0 radical (unpaired) electrons. The van der Waals surface area contributed by atoms with Crippen LogP contribution >= 0.6 is 0 Å². The number of hydrogen-bond acceptors (Lipinski definition) is 3. The van der Waals surface area contributed by atoms with Gasteiger partial charge in [0.05, 0.1) is 6.04 Å². The maximum absolute atomic E-state index is 12.6. The molecule has 2 heterocycles. The molecule has 1 atom stereocenters. The van der Waals surface area contributed by atoms with Crippen LogP contribution < -0.4 is 5.32 Å². The Labute approximate surface area is 165 Å². The van der Waals surface area contributed by atoms with Gasteiger partial charge in [-0.3, -0.25) is 9.59 Å². The molecule has 4 amide bonds. The SMILES string of the molecule is O=C1CC(NC(=O)N2CCN(C3CCCC3)C(=O)C2)CN1Cc1ccccc1. The standard InChI is InChI=1S/C21H28N4O3/c26-19-12-17(14-24(19)13-16-6-2-1-3-7-16)22-21(28)23-10-11-25(20(27)15-23)18-8-4-5-9-18/h1-3,6-7,17-18H,4-5,8-15H2,(H,22,28). The number of carbonyl (C=O) groups excluding carboxylic acids is 3. The number of hydrogen-bond donors (Lipinski definition) is 1. The van der Waals surface area contributed by atoms with E-state index in [1.807, 2.05) is 35.2 Å². The highest BCUT2D eigenvalue weighted by Gasteiger charge is 2.35. The number of urea groups is 1. The van der Waals surface area contributed by atoms with Crippen LogP contribution in [0.3, 0.4) is 0 Å². The second kappa shape index (κ2) is 8.20. The zero-order valence-electron chi connectivity index (χ0n) is 16.2. The van der Waals surface area contributed by atoms with E-state index < -0.39 is 0 Å². The van der Waals surface area contributed by atoms with E-state index in [2.05, 4.69) is 5.32 Å². The van der Waals surface area contributed by atoms with Crippen molar-refractivity contribution in [2.45, 2.75) is 50.7 Å². The Balaban J connectivity index is 1.27. The Kier molecular flexibility index (Phi) is 5.50. The lowest BCUT2D eigenvalue weighted by Crippen LogP contribution is -2.57. The first kappa shape index (κ1) is 18.8. The molecule has 0 spiro atoms. The fourth-order valence-electron chi connectivity index (χ4n) is 4.55. The van der Waals surface area contributed by atoms with Crippen molar-refractivity contribution in [3.05, 3.63) is 35.9 Å². The number of benzene rings is 1. The van der Waals surface area contributed by atoms with Gasteiger partial charge in [0.2, 0.25) is 11.8 Å². The molecule has 4 rings (SSSR count). The van der Waals surface area contributed by atoms with E-state index >= 15 is 0 Å². The molecule has 2 aliphatic heterocycles. The fraction of sp³-hybridized carbons (Fsp3) is 0.571. The van der Waals surface area contributed by atoms with E-state index in [0.29, 0.717) is 38.6 Å². The van der Waals surface area contributed by atoms with Gasteiger partial charge in [-0.2, -0.15) is 0 Å². The summed E-state index contributed by atoms with van der Waals surface area (Å²) < 4.78 is 0. The van der Waals surface area contributed by atoms with Gasteiger partial charge in [0, 0.05) is 38.6 Å². The number of nitrogens with one attached hydrogen (secondary N) is 1. The minimum atomic E-state index is -0.237. The Morgan fingerprint density at radius 2 is 1.79 bits per heavy atom.